The van der Waals surface area contributed by atoms with Crippen LogP contribution in [0.2, 0.25) is 0 Å². The van der Waals surface area contributed by atoms with E-state index >= 15 is 0 Å². The summed E-state index contributed by atoms with van der Waals surface area (Å²) < 4.78 is 5.41. The zero-order chi connectivity index (χ0) is 14.8. The van der Waals surface area contributed by atoms with E-state index < -0.39 is 5.60 Å². The SMILES string of the molecule is CC(C)(C)OC(=O)N1CCCC(N2CCCNC2=O)C1. The lowest BCUT2D eigenvalue weighted by Crippen LogP contribution is -2.57. The number of carbonyl (C=O) groups is 2. The molecule has 0 aromatic carbocycles. The second-order valence-corrected chi connectivity index (χ2v) is 6.50. The van der Waals surface area contributed by atoms with Crippen LogP contribution in [-0.4, -0.2) is 59.7 Å². The Hall–Kier alpha value is -1.46. The maximum atomic E-state index is 12.1. The van der Waals surface area contributed by atoms with Crippen LogP contribution in [0.4, 0.5) is 9.59 Å². The average molecular weight is 283 g/mol. The summed E-state index contributed by atoms with van der Waals surface area (Å²) in [4.78, 5) is 27.6. The van der Waals surface area contributed by atoms with Gasteiger partial charge in [-0.25, -0.2) is 9.59 Å². The van der Waals surface area contributed by atoms with Crippen molar-refractivity contribution >= 4 is 12.1 Å². The van der Waals surface area contributed by atoms with Gasteiger partial charge in [-0.1, -0.05) is 0 Å². The fourth-order valence-corrected chi connectivity index (χ4v) is 2.70. The van der Waals surface area contributed by atoms with E-state index in [0.717, 1.165) is 32.4 Å². The lowest BCUT2D eigenvalue weighted by Gasteiger charge is -2.41. The van der Waals surface area contributed by atoms with Crippen LogP contribution in [0, 0.1) is 0 Å². The first-order valence-corrected chi connectivity index (χ1v) is 7.39. The summed E-state index contributed by atoms with van der Waals surface area (Å²) >= 11 is 0. The van der Waals surface area contributed by atoms with E-state index in [9.17, 15) is 9.59 Å². The molecule has 0 aliphatic carbocycles. The number of likely N-dealkylation sites (tertiary alicyclic amines) is 1. The summed E-state index contributed by atoms with van der Waals surface area (Å²) in [6.07, 6.45) is 2.55. The lowest BCUT2D eigenvalue weighted by molar-refractivity contribution is 0.0126. The predicted octanol–water partition coefficient (Wildman–Crippen LogP) is 1.80. The molecule has 20 heavy (non-hydrogen) atoms. The highest BCUT2D eigenvalue weighted by molar-refractivity contribution is 5.75. The maximum Gasteiger partial charge on any atom is 0.410 e. The molecule has 0 bridgehead atoms. The first kappa shape index (κ1) is 14.9. The molecule has 1 atom stereocenters. The third kappa shape index (κ3) is 3.77. The molecule has 114 valence electrons. The third-order valence-corrected chi connectivity index (χ3v) is 3.60. The molecule has 0 aromatic rings. The van der Waals surface area contributed by atoms with E-state index in [1.807, 2.05) is 25.7 Å². The minimum atomic E-state index is -0.480. The van der Waals surface area contributed by atoms with Gasteiger partial charge < -0.3 is 19.9 Å². The fraction of sp³-hybridized carbons (Fsp3) is 0.857. The van der Waals surface area contributed by atoms with Crippen LogP contribution in [0.1, 0.15) is 40.0 Å². The summed E-state index contributed by atoms with van der Waals surface area (Å²) in [6.45, 7) is 8.40. The number of ether oxygens (including phenoxy) is 1. The number of nitrogens with one attached hydrogen (secondary N) is 1. The molecule has 1 unspecified atom stereocenters. The number of amides is 3. The molecule has 0 radical (unpaired) electrons. The fourth-order valence-electron chi connectivity index (χ4n) is 2.70. The molecule has 2 saturated heterocycles. The number of urea groups is 1. The van der Waals surface area contributed by atoms with Crippen molar-refractivity contribution < 1.29 is 14.3 Å². The van der Waals surface area contributed by atoms with Crippen molar-refractivity contribution in [2.45, 2.75) is 51.7 Å². The third-order valence-electron chi connectivity index (χ3n) is 3.60. The Kier molecular flexibility index (Phi) is 4.40. The molecular weight excluding hydrogens is 258 g/mol. The highest BCUT2D eigenvalue weighted by atomic mass is 16.6. The molecule has 2 aliphatic heterocycles. The van der Waals surface area contributed by atoms with E-state index in [0.29, 0.717) is 13.1 Å². The highest BCUT2D eigenvalue weighted by Gasteiger charge is 2.33. The second-order valence-electron chi connectivity index (χ2n) is 6.50. The van der Waals surface area contributed by atoms with Gasteiger partial charge in [-0.3, -0.25) is 0 Å². The largest absolute Gasteiger partial charge is 0.444 e. The average Bonchev–Trinajstić information content (AvgIpc) is 2.37. The monoisotopic (exact) mass is 283 g/mol. The topological polar surface area (TPSA) is 61.9 Å². The Morgan fingerprint density at radius 1 is 1.30 bits per heavy atom. The van der Waals surface area contributed by atoms with Crippen molar-refractivity contribution in [3.63, 3.8) is 0 Å². The van der Waals surface area contributed by atoms with Crippen molar-refractivity contribution in [3.8, 4) is 0 Å². The van der Waals surface area contributed by atoms with Crippen molar-refractivity contribution in [2.24, 2.45) is 0 Å². The number of piperidine rings is 1. The standard InChI is InChI=1S/C14H25N3O3/c1-14(2,3)20-13(19)16-8-4-6-11(10-16)17-9-5-7-15-12(17)18/h11H,4-10H2,1-3H3,(H,15,18). The number of hydrogen-bond donors (Lipinski definition) is 1. The molecule has 2 rings (SSSR count). The molecule has 6 heteroatoms. The Morgan fingerprint density at radius 3 is 2.70 bits per heavy atom. The van der Waals surface area contributed by atoms with Crippen molar-refractivity contribution in [2.75, 3.05) is 26.2 Å². The zero-order valence-electron chi connectivity index (χ0n) is 12.6. The van der Waals surface area contributed by atoms with Crippen molar-refractivity contribution in [3.05, 3.63) is 0 Å². The van der Waals surface area contributed by atoms with Gasteiger partial charge in [0.1, 0.15) is 5.60 Å². The van der Waals surface area contributed by atoms with Gasteiger partial charge >= 0.3 is 12.1 Å². The molecule has 1 N–H and O–H groups in total. The predicted molar refractivity (Wildman–Crippen MR) is 75.6 cm³/mol. The van der Waals surface area contributed by atoms with Crippen LogP contribution >= 0.6 is 0 Å². The summed E-state index contributed by atoms with van der Waals surface area (Å²) in [5.74, 6) is 0. The molecule has 6 nitrogen and oxygen atoms in total. The zero-order valence-corrected chi connectivity index (χ0v) is 12.6. The molecule has 2 aliphatic rings. The van der Waals surface area contributed by atoms with Crippen LogP contribution < -0.4 is 5.32 Å². The van der Waals surface area contributed by atoms with Gasteiger partial charge in [0, 0.05) is 26.2 Å². The molecule has 0 aromatic heterocycles. The summed E-state index contributed by atoms with van der Waals surface area (Å²) in [6, 6.07) is 0.101. The summed E-state index contributed by atoms with van der Waals surface area (Å²) in [7, 11) is 0. The quantitative estimate of drug-likeness (QED) is 0.798. The van der Waals surface area contributed by atoms with Gasteiger partial charge in [0.2, 0.25) is 0 Å². The Bertz CT molecular complexity index is 378. The molecule has 2 heterocycles. The Balaban J connectivity index is 1.94. The number of carbonyl (C=O) groups excluding carboxylic acids is 2. The minimum Gasteiger partial charge on any atom is -0.444 e. The van der Waals surface area contributed by atoms with Crippen molar-refractivity contribution in [1.82, 2.24) is 15.1 Å². The first-order chi connectivity index (χ1) is 9.37. The second kappa shape index (κ2) is 5.89. The van der Waals surface area contributed by atoms with Crippen molar-refractivity contribution in [1.29, 1.82) is 0 Å². The van der Waals surface area contributed by atoms with E-state index in [4.69, 9.17) is 4.74 Å². The molecule has 2 fully saturated rings. The molecule has 0 spiro atoms. The number of hydrogen-bond acceptors (Lipinski definition) is 3. The van der Waals surface area contributed by atoms with Gasteiger partial charge in [-0.05, 0) is 40.0 Å². The van der Waals surface area contributed by atoms with E-state index in [2.05, 4.69) is 5.32 Å². The minimum absolute atomic E-state index is 0.00714. The number of rotatable bonds is 1. The van der Waals surface area contributed by atoms with E-state index in [-0.39, 0.29) is 18.2 Å². The smallest absolute Gasteiger partial charge is 0.410 e. The lowest BCUT2D eigenvalue weighted by atomic mass is 10.0. The normalized spacial score (nSPS) is 24.4. The molecule has 0 saturated carbocycles. The van der Waals surface area contributed by atoms with Gasteiger partial charge in [-0.2, -0.15) is 0 Å². The van der Waals surface area contributed by atoms with Crippen LogP contribution in [0.3, 0.4) is 0 Å². The number of nitrogens with zero attached hydrogens (tertiary/aromatic N) is 2. The van der Waals surface area contributed by atoms with Gasteiger partial charge in [0.05, 0.1) is 6.04 Å². The van der Waals surface area contributed by atoms with Crippen LogP contribution in [0.15, 0.2) is 0 Å². The van der Waals surface area contributed by atoms with Crippen LogP contribution in [0.5, 0.6) is 0 Å². The Labute approximate surface area is 120 Å². The van der Waals surface area contributed by atoms with Gasteiger partial charge in [-0.15, -0.1) is 0 Å². The van der Waals surface area contributed by atoms with Gasteiger partial charge in [0.25, 0.3) is 0 Å². The Morgan fingerprint density at radius 2 is 2.05 bits per heavy atom. The summed E-state index contributed by atoms with van der Waals surface area (Å²) in [5, 5.41) is 2.86. The van der Waals surface area contributed by atoms with E-state index in [1.165, 1.54) is 0 Å². The van der Waals surface area contributed by atoms with Gasteiger partial charge in [0.15, 0.2) is 0 Å². The van der Waals surface area contributed by atoms with E-state index in [1.54, 1.807) is 4.90 Å². The molecule has 3 amide bonds. The van der Waals surface area contributed by atoms with Crippen LogP contribution in [-0.2, 0) is 4.74 Å². The highest BCUT2D eigenvalue weighted by Crippen LogP contribution is 2.20. The van der Waals surface area contributed by atoms with Crippen LogP contribution in [0.25, 0.3) is 0 Å². The summed E-state index contributed by atoms with van der Waals surface area (Å²) in [5.41, 5.74) is -0.480. The maximum absolute atomic E-state index is 12.1. The molecular formula is C14H25N3O3. The first-order valence-electron chi connectivity index (χ1n) is 7.39.